The molecule has 17 heavy (non-hydrogen) atoms. The zero-order valence-corrected chi connectivity index (χ0v) is 11.1. The summed E-state index contributed by atoms with van der Waals surface area (Å²) in [5, 5.41) is 11.1. The minimum Gasteiger partial charge on any atom is -0.385 e. The van der Waals surface area contributed by atoms with Crippen LogP contribution in [0.1, 0.15) is 57.1 Å². The Kier molecular flexibility index (Phi) is 3.88. The van der Waals surface area contributed by atoms with E-state index < -0.39 is 5.60 Å². The van der Waals surface area contributed by atoms with Gasteiger partial charge in [-0.25, -0.2) is 0 Å². The molecule has 1 N–H and O–H groups in total. The zero-order valence-electron chi connectivity index (χ0n) is 11.1. The van der Waals surface area contributed by atoms with Crippen LogP contribution < -0.4 is 0 Å². The number of benzene rings is 1. The second kappa shape index (κ2) is 5.22. The van der Waals surface area contributed by atoms with Crippen molar-refractivity contribution in [3.8, 4) is 0 Å². The molecule has 1 aromatic rings. The lowest BCUT2D eigenvalue weighted by Gasteiger charge is -2.41. The summed E-state index contributed by atoms with van der Waals surface area (Å²) in [6.07, 6.45) is 6.62. The maximum absolute atomic E-state index is 11.1. The summed E-state index contributed by atoms with van der Waals surface area (Å²) in [4.78, 5) is 0. The minimum absolute atomic E-state index is 0.434. The Labute approximate surface area is 105 Å². The van der Waals surface area contributed by atoms with Crippen molar-refractivity contribution in [1.29, 1.82) is 0 Å². The quantitative estimate of drug-likeness (QED) is 0.834. The Morgan fingerprint density at radius 2 is 2.00 bits per heavy atom. The van der Waals surface area contributed by atoms with Crippen LogP contribution in [0.4, 0.5) is 0 Å². The van der Waals surface area contributed by atoms with E-state index in [4.69, 9.17) is 0 Å². The molecule has 1 aliphatic rings. The molecule has 0 unspecified atom stereocenters. The highest BCUT2D eigenvalue weighted by Gasteiger charge is 2.40. The van der Waals surface area contributed by atoms with E-state index in [1.54, 1.807) is 0 Å². The Hall–Kier alpha value is -0.820. The molecule has 1 heteroatoms. The molecule has 1 aliphatic carbocycles. The molecule has 0 spiro atoms. The van der Waals surface area contributed by atoms with Crippen molar-refractivity contribution in [2.75, 3.05) is 0 Å². The lowest BCUT2D eigenvalue weighted by Crippen LogP contribution is -2.38. The van der Waals surface area contributed by atoms with Gasteiger partial charge in [0.2, 0.25) is 0 Å². The molecule has 94 valence electrons. The number of hydrogen-bond donors (Lipinski definition) is 1. The van der Waals surface area contributed by atoms with E-state index in [1.807, 2.05) is 0 Å². The molecule has 0 aromatic heterocycles. The predicted octanol–water partition coefficient (Wildman–Crippen LogP) is 4.04. The Bertz CT molecular complexity index is 372. The van der Waals surface area contributed by atoms with Crippen LogP contribution in [0.3, 0.4) is 0 Å². The van der Waals surface area contributed by atoms with Crippen molar-refractivity contribution in [3.63, 3.8) is 0 Å². The van der Waals surface area contributed by atoms with E-state index >= 15 is 0 Å². The second-order valence-electron chi connectivity index (χ2n) is 5.29. The molecule has 0 saturated heterocycles. The third-order valence-electron chi connectivity index (χ3n) is 4.39. The predicted molar refractivity (Wildman–Crippen MR) is 72.0 cm³/mol. The fourth-order valence-corrected chi connectivity index (χ4v) is 3.38. The molecule has 0 aliphatic heterocycles. The average molecular weight is 232 g/mol. The van der Waals surface area contributed by atoms with E-state index in [1.165, 1.54) is 24.0 Å². The standard InChI is InChI=1S/C16H24O/c1-3-13-9-5-6-11-15(13)16(17)12-8-7-10-14(16)4-2/h5-6,9,11,14,17H,3-4,7-8,10,12H2,1-2H3/t14-,16+/m1/s1. The molecule has 1 nitrogen and oxygen atoms in total. The lowest BCUT2D eigenvalue weighted by molar-refractivity contribution is -0.0563. The van der Waals surface area contributed by atoms with Gasteiger partial charge in [0.15, 0.2) is 0 Å². The van der Waals surface area contributed by atoms with Crippen molar-refractivity contribution in [3.05, 3.63) is 35.4 Å². The lowest BCUT2D eigenvalue weighted by atomic mass is 9.69. The van der Waals surface area contributed by atoms with Gasteiger partial charge in [-0.2, -0.15) is 0 Å². The molecule has 1 fully saturated rings. The van der Waals surface area contributed by atoms with Crippen LogP contribution >= 0.6 is 0 Å². The summed E-state index contributed by atoms with van der Waals surface area (Å²) in [5.74, 6) is 0.434. The monoisotopic (exact) mass is 232 g/mol. The van der Waals surface area contributed by atoms with Gasteiger partial charge in [-0.1, -0.05) is 57.4 Å². The van der Waals surface area contributed by atoms with Crippen molar-refractivity contribution < 1.29 is 5.11 Å². The smallest absolute Gasteiger partial charge is 0.0927 e. The number of rotatable bonds is 3. The van der Waals surface area contributed by atoms with Crippen LogP contribution in [0.15, 0.2) is 24.3 Å². The summed E-state index contributed by atoms with van der Waals surface area (Å²) >= 11 is 0. The van der Waals surface area contributed by atoms with Gasteiger partial charge >= 0.3 is 0 Å². The topological polar surface area (TPSA) is 20.2 Å². The van der Waals surface area contributed by atoms with E-state index in [-0.39, 0.29) is 0 Å². The second-order valence-corrected chi connectivity index (χ2v) is 5.29. The molecule has 0 amide bonds. The largest absolute Gasteiger partial charge is 0.385 e. The van der Waals surface area contributed by atoms with Gasteiger partial charge in [0.25, 0.3) is 0 Å². The molecular formula is C16H24O. The first kappa shape index (κ1) is 12.6. The van der Waals surface area contributed by atoms with Gasteiger partial charge in [0.1, 0.15) is 0 Å². The van der Waals surface area contributed by atoms with Crippen LogP contribution in [0.5, 0.6) is 0 Å². The zero-order chi connectivity index (χ0) is 12.3. The van der Waals surface area contributed by atoms with Crippen LogP contribution in [0, 0.1) is 5.92 Å². The molecular weight excluding hydrogens is 208 g/mol. The molecule has 0 heterocycles. The van der Waals surface area contributed by atoms with Crippen LogP contribution in [0.25, 0.3) is 0 Å². The summed E-state index contributed by atoms with van der Waals surface area (Å²) in [6.45, 7) is 4.38. The first-order valence-electron chi connectivity index (χ1n) is 7.03. The van der Waals surface area contributed by atoms with Gasteiger partial charge in [0, 0.05) is 0 Å². The molecule has 1 saturated carbocycles. The molecule has 0 bridgehead atoms. The normalized spacial score (nSPS) is 29.2. The molecule has 2 rings (SSSR count). The fourth-order valence-electron chi connectivity index (χ4n) is 3.38. The van der Waals surface area contributed by atoms with E-state index in [2.05, 4.69) is 38.1 Å². The summed E-state index contributed by atoms with van der Waals surface area (Å²) in [7, 11) is 0. The van der Waals surface area contributed by atoms with Crippen molar-refractivity contribution in [2.45, 2.75) is 58.0 Å². The van der Waals surface area contributed by atoms with Gasteiger partial charge in [-0.3, -0.25) is 0 Å². The van der Waals surface area contributed by atoms with Crippen molar-refractivity contribution >= 4 is 0 Å². The first-order chi connectivity index (χ1) is 8.22. The molecule has 2 atom stereocenters. The average Bonchev–Trinajstić information content (AvgIpc) is 2.39. The highest BCUT2D eigenvalue weighted by molar-refractivity contribution is 5.33. The fraction of sp³-hybridized carbons (Fsp3) is 0.625. The Balaban J connectivity index is 2.41. The number of aryl methyl sites for hydroxylation is 1. The third kappa shape index (κ3) is 2.26. The maximum atomic E-state index is 11.1. The minimum atomic E-state index is -0.570. The molecule has 0 radical (unpaired) electrons. The highest BCUT2D eigenvalue weighted by Crippen LogP contribution is 2.44. The molecule has 1 aromatic carbocycles. The SMILES string of the molecule is CCc1ccccc1[C@]1(O)CCCC[C@H]1CC. The van der Waals surface area contributed by atoms with Gasteiger partial charge < -0.3 is 5.11 Å². The van der Waals surface area contributed by atoms with Crippen LogP contribution in [-0.2, 0) is 12.0 Å². The van der Waals surface area contributed by atoms with Crippen molar-refractivity contribution in [1.82, 2.24) is 0 Å². The highest BCUT2D eigenvalue weighted by atomic mass is 16.3. The first-order valence-corrected chi connectivity index (χ1v) is 7.03. The third-order valence-corrected chi connectivity index (χ3v) is 4.39. The number of hydrogen-bond acceptors (Lipinski definition) is 1. The van der Waals surface area contributed by atoms with Gasteiger partial charge in [0.05, 0.1) is 5.60 Å². The van der Waals surface area contributed by atoms with Crippen molar-refractivity contribution in [2.24, 2.45) is 5.92 Å². The van der Waals surface area contributed by atoms with Gasteiger partial charge in [-0.05, 0) is 36.3 Å². The van der Waals surface area contributed by atoms with Crippen LogP contribution in [0.2, 0.25) is 0 Å². The van der Waals surface area contributed by atoms with Gasteiger partial charge in [-0.15, -0.1) is 0 Å². The van der Waals surface area contributed by atoms with E-state index in [9.17, 15) is 5.11 Å². The summed E-state index contributed by atoms with van der Waals surface area (Å²) in [5.41, 5.74) is 1.93. The van der Waals surface area contributed by atoms with E-state index in [0.717, 1.165) is 25.7 Å². The summed E-state index contributed by atoms with van der Waals surface area (Å²) < 4.78 is 0. The van der Waals surface area contributed by atoms with Crippen LogP contribution in [-0.4, -0.2) is 5.11 Å². The maximum Gasteiger partial charge on any atom is 0.0927 e. The van der Waals surface area contributed by atoms with E-state index in [0.29, 0.717) is 5.92 Å². The summed E-state index contributed by atoms with van der Waals surface area (Å²) in [6, 6.07) is 8.44. The Morgan fingerprint density at radius 3 is 2.71 bits per heavy atom. The number of aliphatic hydroxyl groups is 1. The Morgan fingerprint density at radius 1 is 1.24 bits per heavy atom.